The summed E-state index contributed by atoms with van der Waals surface area (Å²) in [5.74, 6) is 0.201. The van der Waals surface area contributed by atoms with Crippen molar-refractivity contribution in [2.45, 2.75) is 44.6 Å². The molecule has 0 unspecified atom stereocenters. The number of carbonyl (C=O) groups is 1. The highest BCUT2D eigenvalue weighted by atomic mass is 32.1. The predicted molar refractivity (Wildman–Crippen MR) is 72.8 cm³/mol. The third-order valence-corrected chi connectivity index (χ3v) is 3.79. The summed E-state index contributed by atoms with van der Waals surface area (Å²) in [4.78, 5) is 11.7. The SMILES string of the molecule is O=C(NNC(=S)NC[C@@H]1CCCO1)C1CCCC1. The van der Waals surface area contributed by atoms with E-state index in [0.29, 0.717) is 11.7 Å². The average Bonchev–Trinajstić information content (AvgIpc) is 3.05. The van der Waals surface area contributed by atoms with Gasteiger partial charge < -0.3 is 10.1 Å². The molecule has 18 heavy (non-hydrogen) atoms. The fourth-order valence-electron chi connectivity index (χ4n) is 2.46. The van der Waals surface area contributed by atoms with Crippen LogP contribution in [-0.4, -0.2) is 30.3 Å². The second-order valence-corrected chi connectivity index (χ2v) is 5.35. The van der Waals surface area contributed by atoms with Crippen LogP contribution in [0.3, 0.4) is 0 Å². The molecule has 1 saturated carbocycles. The maximum atomic E-state index is 11.7. The van der Waals surface area contributed by atoms with Gasteiger partial charge >= 0.3 is 0 Å². The van der Waals surface area contributed by atoms with E-state index in [1.165, 1.54) is 0 Å². The summed E-state index contributed by atoms with van der Waals surface area (Å²) in [5, 5.41) is 3.51. The molecule has 1 amide bonds. The van der Waals surface area contributed by atoms with E-state index < -0.39 is 0 Å². The van der Waals surface area contributed by atoms with Crippen LogP contribution in [0, 0.1) is 5.92 Å². The summed E-state index contributed by atoms with van der Waals surface area (Å²) in [6, 6.07) is 0. The van der Waals surface area contributed by atoms with Crippen LogP contribution in [0.25, 0.3) is 0 Å². The highest BCUT2D eigenvalue weighted by molar-refractivity contribution is 7.80. The van der Waals surface area contributed by atoms with Crippen molar-refractivity contribution in [1.29, 1.82) is 0 Å². The van der Waals surface area contributed by atoms with E-state index in [9.17, 15) is 4.79 Å². The lowest BCUT2D eigenvalue weighted by Gasteiger charge is -2.16. The molecule has 1 saturated heterocycles. The normalized spacial score (nSPS) is 23.9. The number of thiocarbonyl (C=S) groups is 1. The standard InChI is InChI=1S/C12H21N3O2S/c16-11(9-4-1-2-5-9)14-15-12(18)13-8-10-6-3-7-17-10/h9-10H,1-8H2,(H,14,16)(H2,13,15,18)/t10-/m0/s1. The van der Waals surface area contributed by atoms with Crippen LogP contribution >= 0.6 is 12.2 Å². The van der Waals surface area contributed by atoms with E-state index in [-0.39, 0.29) is 17.9 Å². The number of carbonyl (C=O) groups excluding carboxylic acids is 1. The summed E-state index contributed by atoms with van der Waals surface area (Å²) >= 11 is 5.09. The van der Waals surface area contributed by atoms with E-state index >= 15 is 0 Å². The molecule has 0 radical (unpaired) electrons. The Balaban J connectivity index is 1.57. The van der Waals surface area contributed by atoms with Gasteiger partial charge in [0.25, 0.3) is 0 Å². The maximum Gasteiger partial charge on any atom is 0.241 e. The van der Waals surface area contributed by atoms with Crippen molar-refractivity contribution in [2.24, 2.45) is 5.92 Å². The van der Waals surface area contributed by atoms with Crippen molar-refractivity contribution < 1.29 is 9.53 Å². The van der Waals surface area contributed by atoms with Gasteiger partial charge in [0.2, 0.25) is 5.91 Å². The molecule has 0 aromatic rings. The summed E-state index contributed by atoms with van der Waals surface area (Å²) in [7, 11) is 0. The largest absolute Gasteiger partial charge is 0.376 e. The average molecular weight is 271 g/mol. The molecular weight excluding hydrogens is 250 g/mol. The molecule has 6 heteroatoms. The molecule has 102 valence electrons. The van der Waals surface area contributed by atoms with Gasteiger partial charge in [0.05, 0.1) is 6.10 Å². The summed E-state index contributed by atoms with van der Waals surface area (Å²) in [6.07, 6.45) is 6.72. The van der Waals surface area contributed by atoms with Gasteiger partial charge in [0.15, 0.2) is 5.11 Å². The van der Waals surface area contributed by atoms with Gasteiger partial charge in [0, 0.05) is 19.1 Å². The second-order valence-electron chi connectivity index (χ2n) is 4.94. The monoisotopic (exact) mass is 271 g/mol. The molecule has 5 nitrogen and oxygen atoms in total. The highest BCUT2D eigenvalue weighted by Crippen LogP contribution is 2.24. The molecular formula is C12H21N3O2S. The van der Waals surface area contributed by atoms with Crippen LogP contribution in [0.4, 0.5) is 0 Å². The highest BCUT2D eigenvalue weighted by Gasteiger charge is 2.22. The van der Waals surface area contributed by atoms with Gasteiger partial charge in [0.1, 0.15) is 0 Å². The first kappa shape index (κ1) is 13.5. The molecule has 2 fully saturated rings. The molecule has 1 aliphatic carbocycles. The van der Waals surface area contributed by atoms with Crippen molar-refractivity contribution in [3.63, 3.8) is 0 Å². The van der Waals surface area contributed by atoms with Crippen molar-refractivity contribution in [1.82, 2.24) is 16.2 Å². The minimum Gasteiger partial charge on any atom is -0.376 e. The zero-order valence-corrected chi connectivity index (χ0v) is 11.4. The molecule has 1 heterocycles. The minimum atomic E-state index is 0.0498. The first-order valence-corrected chi connectivity index (χ1v) is 7.12. The van der Waals surface area contributed by atoms with Crippen molar-refractivity contribution in [2.75, 3.05) is 13.2 Å². The van der Waals surface area contributed by atoms with E-state index in [1.54, 1.807) is 0 Å². The molecule has 1 aliphatic heterocycles. The lowest BCUT2D eigenvalue weighted by Crippen LogP contribution is -2.49. The molecule has 0 aromatic carbocycles. The maximum absolute atomic E-state index is 11.7. The summed E-state index contributed by atoms with van der Waals surface area (Å²) in [6.45, 7) is 1.54. The second kappa shape index (κ2) is 6.89. The molecule has 0 aromatic heterocycles. The van der Waals surface area contributed by atoms with Crippen molar-refractivity contribution >= 4 is 23.2 Å². The van der Waals surface area contributed by atoms with Crippen molar-refractivity contribution in [3.8, 4) is 0 Å². The zero-order chi connectivity index (χ0) is 12.8. The van der Waals surface area contributed by atoms with Gasteiger partial charge in [-0.25, -0.2) is 0 Å². The fourth-order valence-corrected chi connectivity index (χ4v) is 2.60. The third-order valence-electron chi connectivity index (χ3n) is 3.54. The predicted octanol–water partition coefficient (Wildman–Crippen LogP) is 0.851. The molecule has 3 N–H and O–H groups in total. The van der Waals surface area contributed by atoms with Crippen LogP contribution in [-0.2, 0) is 9.53 Å². The smallest absolute Gasteiger partial charge is 0.241 e. The Hall–Kier alpha value is -0.880. The van der Waals surface area contributed by atoms with Crippen LogP contribution in [0.2, 0.25) is 0 Å². The lowest BCUT2D eigenvalue weighted by molar-refractivity contribution is -0.125. The number of hydrogen-bond donors (Lipinski definition) is 3. The van der Waals surface area contributed by atoms with Crippen LogP contribution in [0.15, 0.2) is 0 Å². The van der Waals surface area contributed by atoms with Gasteiger partial charge in [-0.05, 0) is 37.9 Å². The Kier molecular flexibility index (Phi) is 5.19. The Morgan fingerprint density at radius 1 is 1.17 bits per heavy atom. The van der Waals surface area contributed by atoms with E-state index in [2.05, 4.69) is 16.2 Å². The summed E-state index contributed by atoms with van der Waals surface area (Å²) in [5.41, 5.74) is 5.41. The Bertz CT molecular complexity index is 300. The number of hydrazine groups is 1. The lowest BCUT2D eigenvalue weighted by atomic mass is 10.1. The Labute approximate surface area is 113 Å². The number of hydrogen-bond acceptors (Lipinski definition) is 3. The summed E-state index contributed by atoms with van der Waals surface area (Å²) < 4.78 is 5.47. The van der Waals surface area contributed by atoms with E-state index in [4.69, 9.17) is 17.0 Å². The first-order chi connectivity index (χ1) is 8.75. The quantitative estimate of drug-likeness (QED) is 0.525. The molecule has 2 aliphatic rings. The van der Waals surface area contributed by atoms with E-state index in [0.717, 1.165) is 45.1 Å². The van der Waals surface area contributed by atoms with Crippen LogP contribution < -0.4 is 16.2 Å². The topological polar surface area (TPSA) is 62.4 Å². The number of amides is 1. The molecule has 2 rings (SSSR count). The van der Waals surface area contributed by atoms with Gasteiger partial charge in [-0.15, -0.1) is 0 Å². The van der Waals surface area contributed by atoms with Crippen LogP contribution in [0.1, 0.15) is 38.5 Å². The van der Waals surface area contributed by atoms with Gasteiger partial charge in [-0.3, -0.25) is 15.6 Å². The first-order valence-electron chi connectivity index (χ1n) is 6.71. The Morgan fingerprint density at radius 3 is 2.61 bits per heavy atom. The number of nitrogens with one attached hydrogen (secondary N) is 3. The molecule has 0 bridgehead atoms. The molecule has 0 spiro atoms. The van der Waals surface area contributed by atoms with E-state index in [1.807, 2.05) is 0 Å². The van der Waals surface area contributed by atoms with Gasteiger partial charge in [-0.2, -0.15) is 0 Å². The number of ether oxygens (including phenoxy) is 1. The minimum absolute atomic E-state index is 0.0498. The zero-order valence-electron chi connectivity index (χ0n) is 10.5. The van der Waals surface area contributed by atoms with Crippen LogP contribution in [0.5, 0.6) is 0 Å². The van der Waals surface area contributed by atoms with Gasteiger partial charge in [-0.1, -0.05) is 12.8 Å². The molecule has 1 atom stereocenters. The third kappa shape index (κ3) is 4.10. The Morgan fingerprint density at radius 2 is 1.94 bits per heavy atom. The fraction of sp³-hybridized carbons (Fsp3) is 0.833. The van der Waals surface area contributed by atoms with Crippen molar-refractivity contribution in [3.05, 3.63) is 0 Å². The number of rotatable bonds is 3.